The average molecular weight is 370 g/mol. The summed E-state index contributed by atoms with van der Waals surface area (Å²) in [5.41, 5.74) is 3.74. The maximum absolute atomic E-state index is 12.3. The minimum atomic E-state index is -0.169. The Morgan fingerprint density at radius 1 is 1.33 bits per heavy atom. The average Bonchev–Trinajstić information content (AvgIpc) is 2.98. The number of carbonyl (C=O) groups excluding carboxylic acids is 1. The van der Waals surface area contributed by atoms with Crippen molar-refractivity contribution in [3.8, 4) is 5.69 Å². The first-order valence-corrected chi connectivity index (χ1v) is 9.85. The van der Waals surface area contributed by atoms with Crippen molar-refractivity contribution in [2.24, 2.45) is 5.92 Å². The summed E-state index contributed by atoms with van der Waals surface area (Å²) in [7, 11) is 0. The number of hydrogen-bond acceptors (Lipinski definition) is 3. The molecule has 0 spiro atoms. The van der Waals surface area contributed by atoms with Gasteiger partial charge >= 0.3 is 6.03 Å². The smallest absolute Gasteiger partial charge is 0.319 e. The third kappa shape index (κ3) is 5.10. The van der Waals surface area contributed by atoms with Crippen LogP contribution in [0.1, 0.15) is 38.1 Å². The number of rotatable bonds is 5. The second-order valence-electron chi connectivity index (χ2n) is 7.82. The molecule has 1 aromatic carbocycles. The van der Waals surface area contributed by atoms with Gasteiger partial charge < -0.3 is 10.6 Å². The van der Waals surface area contributed by atoms with Crippen LogP contribution in [-0.2, 0) is 0 Å². The van der Waals surface area contributed by atoms with Crippen molar-refractivity contribution in [2.75, 3.05) is 25.0 Å². The Morgan fingerprint density at radius 3 is 2.85 bits per heavy atom. The molecule has 1 aliphatic heterocycles. The molecule has 3 rings (SSSR count). The fourth-order valence-electron chi connectivity index (χ4n) is 3.78. The minimum Gasteiger partial charge on any atom is -0.336 e. The summed E-state index contributed by atoms with van der Waals surface area (Å²) < 4.78 is 1.89. The van der Waals surface area contributed by atoms with Crippen molar-refractivity contribution in [3.05, 3.63) is 41.7 Å². The zero-order valence-electron chi connectivity index (χ0n) is 16.8. The summed E-state index contributed by atoms with van der Waals surface area (Å²) in [6, 6.07) is 9.97. The Labute approximate surface area is 161 Å². The lowest BCUT2D eigenvalue weighted by Gasteiger charge is -2.35. The van der Waals surface area contributed by atoms with Gasteiger partial charge in [-0.1, -0.05) is 13.0 Å². The van der Waals surface area contributed by atoms with E-state index in [-0.39, 0.29) is 6.03 Å². The molecule has 0 radical (unpaired) electrons. The zero-order chi connectivity index (χ0) is 19.4. The summed E-state index contributed by atoms with van der Waals surface area (Å²) in [5.74, 6) is 0.743. The topological polar surface area (TPSA) is 62.2 Å². The molecule has 0 bridgehead atoms. The first kappa shape index (κ1) is 19.4. The first-order valence-electron chi connectivity index (χ1n) is 9.85. The summed E-state index contributed by atoms with van der Waals surface area (Å²) in [6.07, 6.45) is 2.56. The summed E-state index contributed by atoms with van der Waals surface area (Å²) in [4.78, 5) is 14.8. The van der Waals surface area contributed by atoms with E-state index in [1.807, 2.05) is 48.9 Å². The molecule has 146 valence electrons. The molecule has 6 nitrogen and oxygen atoms in total. The van der Waals surface area contributed by atoms with Gasteiger partial charge in [-0.05, 0) is 70.3 Å². The molecule has 1 fully saturated rings. The van der Waals surface area contributed by atoms with Crippen molar-refractivity contribution in [1.29, 1.82) is 0 Å². The van der Waals surface area contributed by atoms with E-state index >= 15 is 0 Å². The number of piperidine rings is 1. The van der Waals surface area contributed by atoms with Crippen LogP contribution in [0.4, 0.5) is 10.5 Å². The highest BCUT2D eigenvalue weighted by Crippen LogP contribution is 2.18. The maximum atomic E-state index is 12.3. The second kappa shape index (κ2) is 8.57. The molecule has 6 heteroatoms. The highest BCUT2D eigenvalue weighted by Gasteiger charge is 2.21. The monoisotopic (exact) mass is 369 g/mol. The normalized spacial score (nSPS) is 18.9. The number of nitrogens with zero attached hydrogens (tertiary/aromatic N) is 3. The molecular formula is C21H31N5O. The molecule has 2 N–H and O–H groups in total. The molecule has 2 atom stereocenters. The molecule has 1 aliphatic rings. The van der Waals surface area contributed by atoms with Crippen LogP contribution in [0.3, 0.4) is 0 Å². The second-order valence-corrected chi connectivity index (χ2v) is 7.82. The Bertz CT molecular complexity index is 785. The standard InChI is InChI=1S/C21H31N5O/c1-15-7-6-10-25(14-15)18(4)13-22-21(27)23-19-8-5-9-20(12-19)26-17(3)11-16(2)24-26/h5,8-9,11-12,15,18H,6-7,10,13-14H2,1-4H3,(H2,22,23,27). The summed E-state index contributed by atoms with van der Waals surface area (Å²) in [5, 5.41) is 10.4. The summed E-state index contributed by atoms with van der Waals surface area (Å²) in [6.45, 7) is 11.4. The molecule has 0 saturated carbocycles. The lowest BCUT2D eigenvalue weighted by molar-refractivity contribution is 0.138. The van der Waals surface area contributed by atoms with Crippen LogP contribution in [0.25, 0.3) is 5.69 Å². The van der Waals surface area contributed by atoms with Crippen LogP contribution in [0.15, 0.2) is 30.3 Å². The molecule has 2 amide bonds. The van der Waals surface area contributed by atoms with E-state index in [0.29, 0.717) is 12.6 Å². The van der Waals surface area contributed by atoms with Crippen LogP contribution in [0.5, 0.6) is 0 Å². The van der Waals surface area contributed by atoms with Crippen LogP contribution >= 0.6 is 0 Å². The van der Waals surface area contributed by atoms with Gasteiger partial charge in [0, 0.05) is 30.5 Å². The van der Waals surface area contributed by atoms with Gasteiger partial charge in [0.2, 0.25) is 0 Å². The van der Waals surface area contributed by atoms with E-state index in [2.05, 4.69) is 34.5 Å². The zero-order valence-corrected chi connectivity index (χ0v) is 16.8. The first-order chi connectivity index (χ1) is 12.9. The molecule has 2 heterocycles. The van der Waals surface area contributed by atoms with Crippen molar-refractivity contribution < 1.29 is 4.79 Å². The van der Waals surface area contributed by atoms with Crippen LogP contribution in [0, 0.1) is 19.8 Å². The number of carbonyl (C=O) groups is 1. The minimum absolute atomic E-state index is 0.169. The Morgan fingerprint density at radius 2 is 2.15 bits per heavy atom. The van der Waals surface area contributed by atoms with E-state index in [4.69, 9.17) is 0 Å². The Balaban J connectivity index is 1.55. The molecule has 2 aromatic rings. The number of amides is 2. The Hall–Kier alpha value is -2.34. The van der Waals surface area contributed by atoms with E-state index in [0.717, 1.165) is 41.8 Å². The number of urea groups is 1. The van der Waals surface area contributed by atoms with Crippen molar-refractivity contribution in [3.63, 3.8) is 0 Å². The number of nitrogens with one attached hydrogen (secondary N) is 2. The van der Waals surface area contributed by atoms with Gasteiger partial charge in [-0.25, -0.2) is 9.48 Å². The maximum Gasteiger partial charge on any atom is 0.319 e. The Kier molecular flexibility index (Phi) is 6.16. The third-order valence-corrected chi connectivity index (χ3v) is 5.23. The number of hydrogen-bond donors (Lipinski definition) is 2. The molecule has 2 unspecified atom stereocenters. The van der Waals surface area contributed by atoms with Crippen molar-refractivity contribution >= 4 is 11.7 Å². The van der Waals surface area contributed by atoms with E-state index < -0.39 is 0 Å². The fourth-order valence-corrected chi connectivity index (χ4v) is 3.78. The molecule has 1 saturated heterocycles. The molecule has 0 aliphatic carbocycles. The van der Waals surface area contributed by atoms with Gasteiger partial charge in [0.1, 0.15) is 0 Å². The highest BCUT2D eigenvalue weighted by molar-refractivity contribution is 5.89. The van der Waals surface area contributed by atoms with Crippen molar-refractivity contribution in [2.45, 2.75) is 46.6 Å². The molecule has 1 aromatic heterocycles. The highest BCUT2D eigenvalue weighted by atomic mass is 16.2. The number of anilines is 1. The van der Waals surface area contributed by atoms with Crippen LogP contribution in [-0.4, -0.2) is 46.4 Å². The van der Waals surface area contributed by atoms with Gasteiger partial charge in [-0.3, -0.25) is 4.90 Å². The van der Waals surface area contributed by atoms with Crippen LogP contribution < -0.4 is 10.6 Å². The quantitative estimate of drug-likeness (QED) is 0.844. The molecule has 27 heavy (non-hydrogen) atoms. The van der Waals surface area contributed by atoms with Gasteiger partial charge in [0.15, 0.2) is 0 Å². The number of aromatic nitrogens is 2. The van der Waals surface area contributed by atoms with Crippen molar-refractivity contribution in [1.82, 2.24) is 20.0 Å². The fraction of sp³-hybridized carbons (Fsp3) is 0.524. The molecular weight excluding hydrogens is 338 g/mol. The van der Waals surface area contributed by atoms with Gasteiger partial charge in [0.25, 0.3) is 0 Å². The number of likely N-dealkylation sites (tertiary alicyclic amines) is 1. The SMILES string of the molecule is Cc1cc(C)n(-c2cccc(NC(=O)NCC(C)N3CCCC(C)C3)c2)n1. The lowest BCUT2D eigenvalue weighted by atomic mass is 9.99. The van der Waals surface area contributed by atoms with Gasteiger partial charge in [-0.2, -0.15) is 5.10 Å². The van der Waals surface area contributed by atoms with Gasteiger partial charge in [0.05, 0.1) is 11.4 Å². The lowest BCUT2D eigenvalue weighted by Crippen LogP contribution is -2.47. The van der Waals surface area contributed by atoms with E-state index in [1.165, 1.54) is 12.8 Å². The van der Waals surface area contributed by atoms with Crippen LogP contribution in [0.2, 0.25) is 0 Å². The largest absolute Gasteiger partial charge is 0.336 e. The third-order valence-electron chi connectivity index (χ3n) is 5.23. The number of benzene rings is 1. The number of aryl methyl sites for hydroxylation is 2. The van der Waals surface area contributed by atoms with Gasteiger partial charge in [-0.15, -0.1) is 0 Å². The predicted molar refractivity (Wildman–Crippen MR) is 109 cm³/mol. The van der Waals surface area contributed by atoms with E-state index in [9.17, 15) is 4.79 Å². The summed E-state index contributed by atoms with van der Waals surface area (Å²) >= 11 is 0. The van der Waals surface area contributed by atoms with E-state index in [1.54, 1.807) is 0 Å². The predicted octanol–water partition coefficient (Wildman–Crippen LogP) is 3.73.